The van der Waals surface area contributed by atoms with Crippen molar-refractivity contribution in [3.05, 3.63) is 29.8 Å². The van der Waals surface area contributed by atoms with E-state index in [4.69, 9.17) is 0 Å². The molecule has 100 valence electrons. The molecule has 1 aromatic rings. The molecule has 1 aliphatic carbocycles. The van der Waals surface area contributed by atoms with Crippen LogP contribution < -0.4 is 5.32 Å². The molecule has 1 aromatic carbocycles. The maximum Gasteiger partial charge on any atom is 0.120 e. The molecule has 3 heteroatoms. The van der Waals surface area contributed by atoms with Gasteiger partial charge in [0.2, 0.25) is 0 Å². The highest BCUT2D eigenvalue weighted by molar-refractivity contribution is 5.31. The quantitative estimate of drug-likeness (QED) is 0.750. The molecule has 0 amide bonds. The van der Waals surface area contributed by atoms with Gasteiger partial charge in [0.25, 0.3) is 0 Å². The normalized spacial score (nSPS) is 24.1. The Morgan fingerprint density at radius 3 is 2.56 bits per heavy atom. The Morgan fingerprint density at radius 2 is 1.83 bits per heavy atom. The summed E-state index contributed by atoms with van der Waals surface area (Å²) in [6.45, 7) is 1.93. The van der Waals surface area contributed by atoms with Gasteiger partial charge in [-0.15, -0.1) is 0 Å². The molecule has 1 fully saturated rings. The maximum atomic E-state index is 9.67. The van der Waals surface area contributed by atoms with Crippen molar-refractivity contribution in [2.45, 2.75) is 32.2 Å². The van der Waals surface area contributed by atoms with Gasteiger partial charge in [0.05, 0.1) is 0 Å². The minimum Gasteiger partial charge on any atom is -0.508 e. The summed E-state index contributed by atoms with van der Waals surface area (Å²) < 4.78 is 0. The number of para-hydroxylation sites is 1. The molecule has 3 N–H and O–H groups in total. The molecule has 1 saturated carbocycles. The lowest BCUT2D eigenvalue weighted by molar-refractivity contribution is 0.133. The molecule has 3 nitrogen and oxygen atoms in total. The van der Waals surface area contributed by atoms with E-state index < -0.39 is 0 Å². The van der Waals surface area contributed by atoms with E-state index in [0.717, 1.165) is 18.5 Å². The summed E-state index contributed by atoms with van der Waals surface area (Å²) in [7, 11) is 0. The van der Waals surface area contributed by atoms with Crippen LogP contribution in [0.1, 0.15) is 31.2 Å². The van der Waals surface area contributed by atoms with Crippen LogP contribution >= 0.6 is 0 Å². The van der Waals surface area contributed by atoms with Gasteiger partial charge in [-0.2, -0.15) is 0 Å². The monoisotopic (exact) mass is 249 g/mol. The summed E-state index contributed by atoms with van der Waals surface area (Å²) in [4.78, 5) is 0. The number of phenolic OH excluding ortho intramolecular Hbond substituents is 1. The number of aromatic hydroxyl groups is 1. The number of benzene rings is 1. The minimum absolute atomic E-state index is 0.308. The SMILES string of the molecule is OCC1CCCCC1CNCc1ccccc1O. The third-order valence-electron chi connectivity index (χ3n) is 4.01. The van der Waals surface area contributed by atoms with Crippen molar-refractivity contribution in [2.24, 2.45) is 11.8 Å². The van der Waals surface area contributed by atoms with Gasteiger partial charge in [-0.05, 0) is 37.3 Å². The first-order valence-electron chi connectivity index (χ1n) is 6.89. The van der Waals surface area contributed by atoms with Crippen molar-refractivity contribution in [1.29, 1.82) is 0 Å². The molecule has 0 heterocycles. The fourth-order valence-corrected chi connectivity index (χ4v) is 2.85. The average Bonchev–Trinajstić information content (AvgIpc) is 2.41. The van der Waals surface area contributed by atoms with Crippen LogP contribution in [-0.4, -0.2) is 23.4 Å². The Bertz CT molecular complexity index is 367. The molecular weight excluding hydrogens is 226 g/mol. The Kier molecular flexibility index (Phi) is 5.02. The van der Waals surface area contributed by atoms with Crippen LogP contribution in [0.25, 0.3) is 0 Å². The van der Waals surface area contributed by atoms with Crippen LogP contribution in [-0.2, 0) is 6.54 Å². The van der Waals surface area contributed by atoms with E-state index in [0.29, 0.717) is 30.7 Å². The number of nitrogens with one attached hydrogen (secondary N) is 1. The van der Waals surface area contributed by atoms with E-state index in [1.165, 1.54) is 19.3 Å². The van der Waals surface area contributed by atoms with E-state index in [1.54, 1.807) is 6.07 Å². The van der Waals surface area contributed by atoms with Crippen molar-refractivity contribution < 1.29 is 10.2 Å². The van der Waals surface area contributed by atoms with Crippen LogP contribution in [0, 0.1) is 11.8 Å². The van der Waals surface area contributed by atoms with Gasteiger partial charge >= 0.3 is 0 Å². The van der Waals surface area contributed by atoms with Crippen LogP contribution in [0.4, 0.5) is 0 Å². The van der Waals surface area contributed by atoms with Crippen molar-refractivity contribution in [1.82, 2.24) is 5.32 Å². The van der Waals surface area contributed by atoms with Gasteiger partial charge in [-0.25, -0.2) is 0 Å². The third-order valence-corrected chi connectivity index (χ3v) is 4.01. The summed E-state index contributed by atoms with van der Waals surface area (Å²) >= 11 is 0. The molecule has 0 aliphatic heterocycles. The van der Waals surface area contributed by atoms with Crippen molar-refractivity contribution in [2.75, 3.05) is 13.2 Å². The van der Waals surface area contributed by atoms with Crippen LogP contribution in [0.3, 0.4) is 0 Å². The summed E-state index contributed by atoms with van der Waals surface area (Å²) in [5.41, 5.74) is 0.939. The molecule has 0 aromatic heterocycles. The smallest absolute Gasteiger partial charge is 0.120 e. The molecule has 0 spiro atoms. The molecule has 2 atom stereocenters. The van der Waals surface area contributed by atoms with E-state index >= 15 is 0 Å². The van der Waals surface area contributed by atoms with E-state index in [9.17, 15) is 10.2 Å². The van der Waals surface area contributed by atoms with Gasteiger partial charge in [-0.3, -0.25) is 0 Å². The second-order valence-electron chi connectivity index (χ2n) is 5.25. The Hall–Kier alpha value is -1.06. The fraction of sp³-hybridized carbons (Fsp3) is 0.600. The molecule has 2 unspecified atom stereocenters. The van der Waals surface area contributed by atoms with Crippen LogP contribution in [0.2, 0.25) is 0 Å². The molecule has 2 rings (SSSR count). The fourth-order valence-electron chi connectivity index (χ4n) is 2.85. The van der Waals surface area contributed by atoms with E-state index in [-0.39, 0.29) is 0 Å². The van der Waals surface area contributed by atoms with Crippen molar-refractivity contribution in [3.63, 3.8) is 0 Å². The third kappa shape index (κ3) is 3.47. The Labute approximate surface area is 109 Å². The highest BCUT2D eigenvalue weighted by atomic mass is 16.3. The topological polar surface area (TPSA) is 52.5 Å². The number of hydrogen-bond acceptors (Lipinski definition) is 3. The first-order chi connectivity index (χ1) is 8.81. The standard InChI is InChI=1S/C15H23NO2/c17-11-14-7-2-1-5-12(14)9-16-10-13-6-3-4-8-15(13)18/h3-4,6,8,12,14,16-18H,1-2,5,7,9-11H2. The molecule has 0 radical (unpaired) electrons. The van der Waals surface area contributed by atoms with Crippen LogP contribution in [0.15, 0.2) is 24.3 Å². The minimum atomic E-state index is 0.308. The van der Waals surface area contributed by atoms with Gasteiger partial charge in [0.15, 0.2) is 0 Å². The number of aliphatic hydroxyl groups excluding tert-OH is 1. The van der Waals surface area contributed by atoms with Gasteiger partial charge in [-0.1, -0.05) is 31.0 Å². The van der Waals surface area contributed by atoms with E-state index in [1.807, 2.05) is 18.2 Å². The first kappa shape index (κ1) is 13.4. The lowest BCUT2D eigenvalue weighted by Gasteiger charge is -2.30. The van der Waals surface area contributed by atoms with Crippen LogP contribution in [0.5, 0.6) is 5.75 Å². The molecule has 0 bridgehead atoms. The Balaban J connectivity index is 1.79. The molecule has 1 aliphatic rings. The van der Waals surface area contributed by atoms with Crippen molar-refractivity contribution >= 4 is 0 Å². The summed E-state index contributed by atoms with van der Waals surface area (Å²) in [6.07, 6.45) is 4.89. The zero-order valence-electron chi connectivity index (χ0n) is 10.8. The highest BCUT2D eigenvalue weighted by Gasteiger charge is 2.23. The maximum absolute atomic E-state index is 9.67. The number of rotatable bonds is 5. The highest BCUT2D eigenvalue weighted by Crippen LogP contribution is 2.29. The average molecular weight is 249 g/mol. The lowest BCUT2D eigenvalue weighted by Crippen LogP contribution is -2.32. The van der Waals surface area contributed by atoms with Gasteiger partial charge < -0.3 is 15.5 Å². The number of aliphatic hydroxyl groups is 1. The second-order valence-corrected chi connectivity index (χ2v) is 5.25. The second kappa shape index (κ2) is 6.76. The molecule has 0 saturated heterocycles. The van der Waals surface area contributed by atoms with Crippen molar-refractivity contribution in [3.8, 4) is 5.75 Å². The predicted octanol–water partition coefficient (Wildman–Crippen LogP) is 2.28. The zero-order chi connectivity index (χ0) is 12.8. The van der Waals surface area contributed by atoms with Gasteiger partial charge in [0, 0.05) is 18.7 Å². The predicted molar refractivity (Wildman–Crippen MR) is 72.3 cm³/mol. The van der Waals surface area contributed by atoms with Gasteiger partial charge in [0.1, 0.15) is 5.75 Å². The zero-order valence-corrected chi connectivity index (χ0v) is 10.8. The summed E-state index contributed by atoms with van der Waals surface area (Å²) in [5.74, 6) is 1.39. The first-order valence-corrected chi connectivity index (χ1v) is 6.89. The summed E-state index contributed by atoms with van der Waals surface area (Å²) in [6, 6.07) is 7.43. The number of phenols is 1. The van der Waals surface area contributed by atoms with E-state index in [2.05, 4.69) is 5.32 Å². The largest absolute Gasteiger partial charge is 0.508 e. The number of hydrogen-bond donors (Lipinski definition) is 3. The lowest BCUT2D eigenvalue weighted by atomic mass is 9.79. The Morgan fingerprint density at radius 1 is 1.11 bits per heavy atom. The molecule has 18 heavy (non-hydrogen) atoms. The summed E-state index contributed by atoms with van der Waals surface area (Å²) in [5, 5.41) is 22.4. The molecular formula is C15H23NO2.